The Hall–Kier alpha value is -1.43. The van der Waals surface area contributed by atoms with Crippen molar-refractivity contribution >= 4 is 11.3 Å². The number of hydrogen-bond acceptors (Lipinski definition) is 5. The van der Waals surface area contributed by atoms with Gasteiger partial charge in [0.25, 0.3) is 0 Å². The van der Waals surface area contributed by atoms with Gasteiger partial charge < -0.3 is 14.6 Å². The predicted octanol–water partition coefficient (Wildman–Crippen LogP) is 2.56. The number of benzene rings is 1. The molecule has 2 aromatic rings. The second-order valence-corrected chi connectivity index (χ2v) is 5.33. The van der Waals surface area contributed by atoms with Crippen LogP contribution in [-0.4, -0.2) is 30.4 Å². The molecule has 1 unspecified atom stereocenters. The molecule has 4 nitrogen and oxygen atoms in total. The molecule has 1 atom stereocenters. The van der Waals surface area contributed by atoms with E-state index < -0.39 is 6.10 Å². The maximum absolute atomic E-state index is 10.4. The highest BCUT2D eigenvalue weighted by Gasteiger charge is 2.17. The average Bonchev–Trinajstić information content (AvgIpc) is 2.85. The highest BCUT2D eigenvalue weighted by molar-refractivity contribution is 7.11. The van der Waals surface area contributed by atoms with Crippen LogP contribution in [0.5, 0.6) is 5.75 Å². The summed E-state index contributed by atoms with van der Waals surface area (Å²) in [6.45, 7) is 2.90. The molecule has 0 aliphatic heterocycles. The number of aromatic nitrogens is 1. The van der Waals surface area contributed by atoms with Gasteiger partial charge in [-0.05, 0) is 13.0 Å². The summed E-state index contributed by atoms with van der Waals surface area (Å²) in [5.41, 5.74) is 0.752. The van der Waals surface area contributed by atoms with Gasteiger partial charge in [0.15, 0.2) is 0 Å². The second-order valence-electron chi connectivity index (χ2n) is 4.06. The largest absolute Gasteiger partial charge is 0.491 e. The third-order valence-electron chi connectivity index (χ3n) is 2.67. The fraction of sp³-hybridized carbons (Fsp3) is 0.357. The molecule has 0 spiro atoms. The van der Waals surface area contributed by atoms with Crippen LogP contribution in [0.3, 0.4) is 0 Å². The van der Waals surface area contributed by atoms with Crippen molar-refractivity contribution in [2.24, 2.45) is 0 Å². The lowest BCUT2D eigenvalue weighted by Gasteiger charge is -2.14. The molecule has 0 aliphatic carbocycles. The minimum atomic E-state index is -0.704. The summed E-state index contributed by atoms with van der Waals surface area (Å²) in [5, 5.41) is 11.3. The normalized spacial score (nSPS) is 12.4. The molecule has 2 rings (SSSR count). The van der Waals surface area contributed by atoms with Gasteiger partial charge in [0, 0.05) is 18.9 Å². The zero-order valence-electron chi connectivity index (χ0n) is 11.0. The molecule has 1 aromatic carbocycles. The number of thiazole rings is 1. The minimum absolute atomic E-state index is 0.460. The lowest BCUT2D eigenvalue weighted by molar-refractivity contribution is 0.142. The lowest BCUT2D eigenvalue weighted by atomic mass is 10.1. The van der Waals surface area contributed by atoms with Gasteiger partial charge in [-0.1, -0.05) is 18.2 Å². The number of aryl methyl sites for hydroxylation is 1. The highest BCUT2D eigenvalue weighted by atomic mass is 32.1. The Morgan fingerprint density at radius 3 is 2.79 bits per heavy atom. The first-order valence-electron chi connectivity index (χ1n) is 6.03. The van der Waals surface area contributed by atoms with Crippen LogP contribution >= 0.6 is 11.3 Å². The van der Waals surface area contributed by atoms with Crippen molar-refractivity contribution in [2.75, 3.05) is 20.3 Å². The molecule has 1 heterocycles. The van der Waals surface area contributed by atoms with Crippen LogP contribution < -0.4 is 4.74 Å². The van der Waals surface area contributed by atoms with Crippen LogP contribution in [0.1, 0.15) is 21.6 Å². The summed E-state index contributed by atoms with van der Waals surface area (Å²) in [6, 6.07) is 7.48. The fourth-order valence-corrected chi connectivity index (χ4v) is 2.52. The molecule has 102 valence electrons. The SMILES string of the molecule is COCCOc1ccccc1C(O)c1cnc(C)s1. The summed E-state index contributed by atoms with van der Waals surface area (Å²) >= 11 is 1.49. The molecule has 0 fully saturated rings. The first-order chi connectivity index (χ1) is 9.22. The molecular formula is C14H17NO3S. The van der Waals surface area contributed by atoms with E-state index in [-0.39, 0.29) is 0 Å². The number of methoxy groups -OCH3 is 1. The standard InChI is InChI=1S/C14H17NO3S/c1-10-15-9-13(19-10)14(16)11-5-3-4-6-12(11)18-8-7-17-2/h3-6,9,14,16H,7-8H2,1-2H3. The second kappa shape index (κ2) is 6.65. The molecule has 0 saturated carbocycles. The van der Waals surface area contributed by atoms with Gasteiger partial charge in [0.1, 0.15) is 18.5 Å². The van der Waals surface area contributed by atoms with Gasteiger partial charge in [0.2, 0.25) is 0 Å². The minimum Gasteiger partial charge on any atom is -0.491 e. The quantitative estimate of drug-likeness (QED) is 0.826. The first kappa shape index (κ1) is 14.0. The van der Waals surface area contributed by atoms with Crippen molar-refractivity contribution in [3.05, 3.63) is 45.9 Å². The van der Waals surface area contributed by atoms with E-state index in [0.717, 1.165) is 15.4 Å². The molecule has 0 saturated heterocycles. The van der Waals surface area contributed by atoms with Crippen LogP contribution in [0.25, 0.3) is 0 Å². The smallest absolute Gasteiger partial charge is 0.125 e. The number of ether oxygens (including phenoxy) is 2. The molecule has 0 radical (unpaired) electrons. The predicted molar refractivity (Wildman–Crippen MR) is 74.7 cm³/mol. The van der Waals surface area contributed by atoms with Gasteiger partial charge in [-0.15, -0.1) is 11.3 Å². The number of aliphatic hydroxyl groups is 1. The van der Waals surface area contributed by atoms with Crippen molar-refractivity contribution in [1.29, 1.82) is 0 Å². The monoisotopic (exact) mass is 279 g/mol. The van der Waals surface area contributed by atoms with E-state index in [1.807, 2.05) is 31.2 Å². The Balaban J connectivity index is 2.18. The lowest BCUT2D eigenvalue weighted by Crippen LogP contribution is -2.07. The van der Waals surface area contributed by atoms with Crippen molar-refractivity contribution < 1.29 is 14.6 Å². The molecule has 19 heavy (non-hydrogen) atoms. The van der Waals surface area contributed by atoms with Crippen LogP contribution in [0.2, 0.25) is 0 Å². The summed E-state index contributed by atoms with van der Waals surface area (Å²) in [7, 11) is 1.63. The van der Waals surface area contributed by atoms with Crippen LogP contribution in [0.4, 0.5) is 0 Å². The zero-order chi connectivity index (χ0) is 13.7. The Kier molecular flexibility index (Phi) is 4.90. The van der Waals surface area contributed by atoms with E-state index in [9.17, 15) is 5.11 Å². The number of nitrogens with zero attached hydrogens (tertiary/aromatic N) is 1. The van der Waals surface area contributed by atoms with Crippen molar-refractivity contribution in [3.8, 4) is 5.75 Å². The number of para-hydroxylation sites is 1. The van der Waals surface area contributed by atoms with E-state index in [1.165, 1.54) is 11.3 Å². The van der Waals surface area contributed by atoms with Crippen LogP contribution in [0.15, 0.2) is 30.5 Å². The molecule has 5 heteroatoms. The third kappa shape index (κ3) is 3.53. The Labute approximate surface area is 116 Å². The first-order valence-corrected chi connectivity index (χ1v) is 6.85. The number of rotatable bonds is 6. The van der Waals surface area contributed by atoms with Crippen LogP contribution in [0, 0.1) is 6.92 Å². The Bertz CT molecular complexity index is 527. The molecule has 0 aliphatic rings. The van der Waals surface area contributed by atoms with Crippen molar-refractivity contribution in [1.82, 2.24) is 4.98 Å². The maximum atomic E-state index is 10.4. The molecular weight excluding hydrogens is 262 g/mol. The van der Waals surface area contributed by atoms with Gasteiger partial charge in [-0.2, -0.15) is 0 Å². The number of aliphatic hydroxyl groups excluding tert-OH is 1. The average molecular weight is 279 g/mol. The summed E-state index contributed by atoms with van der Waals surface area (Å²) in [6.07, 6.45) is 1.00. The zero-order valence-corrected chi connectivity index (χ0v) is 11.8. The van der Waals surface area contributed by atoms with E-state index in [4.69, 9.17) is 9.47 Å². The molecule has 0 bridgehead atoms. The van der Waals surface area contributed by atoms with Crippen molar-refractivity contribution in [2.45, 2.75) is 13.0 Å². The fourth-order valence-electron chi connectivity index (χ4n) is 1.73. The van der Waals surface area contributed by atoms with Crippen LogP contribution in [-0.2, 0) is 4.74 Å². The van der Waals surface area contributed by atoms with Gasteiger partial charge >= 0.3 is 0 Å². The molecule has 0 amide bonds. The topological polar surface area (TPSA) is 51.6 Å². The van der Waals surface area contributed by atoms with Crippen molar-refractivity contribution in [3.63, 3.8) is 0 Å². The molecule has 1 aromatic heterocycles. The summed E-state index contributed by atoms with van der Waals surface area (Å²) < 4.78 is 10.6. The maximum Gasteiger partial charge on any atom is 0.125 e. The van der Waals surface area contributed by atoms with E-state index in [2.05, 4.69) is 4.98 Å². The Morgan fingerprint density at radius 2 is 2.11 bits per heavy atom. The summed E-state index contributed by atoms with van der Waals surface area (Å²) in [4.78, 5) is 4.99. The van der Waals surface area contributed by atoms with Gasteiger partial charge in [-0.25, -0.2) is 4.98 Å². The van der Waals surface area contributed by atoms with Gasteiger partial charge in [-0.3, -0.25) is 0 Å². The van der Waals surface area contributed by atoms with E-state index in [0.29, 0.717) is 19.0 Å². The summed E-state index contributed by atoms with van der Waals surface area (Å²) in [5.74, 6) is 0.679. The molecule has 1 N–H and O–H groups in total. The third-order valence-corrected chi connectivity index (χ3v) is 3.63. The van der Waals surface area contributed by atoms with Gasteiger partial charge in [0.05, 0.1) is 16.5 Å². The van der Waals surface area contributed by atoms with E-state index in [1.54, 1.807) is 13.3 Å². The highest BCUT2D eigenvalue weighted by Crippen LogP contribution is 2.32. The van der Waals surface area contributed by atoms with E-state index >= 15 is 0 Å². The number of hydrogen-bond donors (Lipinski definition) is 1. The Morgan fingerprint density at radius 1 is 1.32 bits per heavy atom.